The van der Waals surface area contributed by atoms with E-state index in [-0.39, 0.29) is 17.8 Å². The molecule has 0 aliphatic carbocycles. The maximum Gasteiger partial charge on any atom is 0.310 e. The molecule has 27 heavy (non-hydrogen) atoms. The second kappa shape index (κ2) is 7.33. The molecule has 3 rings (SSSR count). The quantitative estimate of drug-likeness (QED) is 0.365. The number of hydrogen-bond acceptors (Lipinski definition) is 5. The Hall–Kier alpha value is -3.61. The Bertz CT molecular complexity index is 1100. The summed E-state index contributed by atoms with van der Waals surface area (Å²) in [6, 6.07) is 12.2. The third-order valence-electron chi connectivity index (χ3n) is 4.30. The minimum absolute atomic E-state index is 0.0444. The van der Waals surface area contributed by atoms with Crippen molar-refractivity contribution in [1.82, 2.24) is 4.98 Å². The zero-order chi connectivity index (χ0) is 19.6. The highest BCUT2D eigenvalue weighted by molar-refractivity contribution is 5.95. The zero-order valence-corrected chi connectivity index (χ0v) is 15.0. The van der Waals surface area contributed by atoms with E-state index in [0.717, 1.165) is 10.9 Å². The minimum atomic E-state index is -0.465. The molecule has 0 aliphatic rings. The first-order valence-electron chi connectivity index (χ1n) is 8.23. The van der Waals surface area contributed by atoms with Gasteiger partial charge < -0.3 is 20.2 Å². The number of benzene rings is 2. The van der Waals surface area contributed by atoms with Crippen LogP contribution in [0.5, 0.6) is 11.5 Å². The summed E-state index contributed by atoms with van der Waals surface area (Å²) in [5.41, 5.74) is 7.44. The van der Waals surface area contributed by atoms with Crippen LogP contribution in [0.2, 0.25) is 0 Å². The number of pyridine rings is 1. The van der Waals surface area contributed by atoms with E-state index in [1.165, 1.54) is 7.11 Å². The highest BCUT2D eigenvalue weighted by Crippen LogP contribution is 2.27. The fourth-order valence-corrected chi connectivity index (χ4v) is 2.84. The van der Waals surface area contributed by atoms with Gasteiger partial charge in [-0.2, -0.15) is 0 Å². The van der Waals surface area contributed by atoms with Gasteiger partial charge in [0.1, 0.15) is 17.3 Å². The first kappa shape index (κ1) is 18.2. The van der Waals surface area contributed by atoms with Crippen LogP contribution in [0.4, 0.5) is 0 Å². The van der Waals surface area contributed by atoms with Crippen molar-refractivity contribution in [2.75, 3.05) is 7.11 Å². The number of aromatic nitrogens is 1. The monoisotopic (exact) mass is 365 g/mol. The Kier molecular flexibility index (Phi) is 4.94. The van der Waals surface area contributed by atoms with Crippen LogP contribution in [0.3, 0.4) is 0 Å². The number of carbonyl (C=O) groups excluding carboxylic acids is 1. The molecule has 0 amide bonds. The van der Waals surface area contributed by atoms with Gasteiger partial charge in [-0.15, -0.1) is 0 Å². The number of rotatable bonds is 5. The van der Waals surface area contributed by atoms with Crippen molar-refractivity contribution in [2.24, 2.45) is 5.73 Å². The van der Waals surface area contributed by atoms with E-state index in [4.69, 9.17) is 15.9 Å². The van der Waals surface area contributed by atoms with Crippen molar-refractivity contribution < 1.29 is 14.3 Å². The van der Waals surface area contributed by atoms with Crippen LogP contribution in [-0.4, -0.2) is 23.9 Å². The van der Waals surface area contributed by atoms with Crippen LogP contribution in [-0.2, 0) is 16.0 Å². The molecule has 0 spiro atoms. The molecule has 4 N–H and O–H groups in total. The minimum Gasteiger partial charge on any atom is -0.469 e. The van der Waals surface area contributed by atoms with E-state index in [1.54, 1.807) is 43.3 Å². The number of aryl methyl sites for hydroxylation is 1. The van der Waals surface area contributed by atoms with E-state index in [0.29, 0.717) is 28.1 Å². The summed E-state index contributed by atoms with van der Waals surface area (Å²) in [5, 5.41) is 8.32. The number of hydrogen-bond donors (Lipinski definition) is 3. The lowest BCUT2D eigenvalue weighted by Gasteiger charge is -2.11. The molecule has 0 aliphatic heterocycles. The lowest BCUT2D eigenvalue weighted by Crippen LogP contribution is -2.19. The average molecular weight is 365 g/mol. The number of amidine groups is 1. The van der Waals surface area contributed by atoms with Gasteiger partial charge in [-0.05, 0) is 36.8 Å². The van der Waals surface area contributed by atoms with Crippen molar-refractivity contribution >= 4 is 22.7 Å². The molecule has 0 bridgehead atoms. The Balaban J connectivity index is 1.97. The van der Waals surface area contributed by atoms with E-state index in [1.807, 2.05) is 6.07 Å². The predicted octanol–water partition coefficient (Wildman–Crippen LogP) is 2.63. The van der Waals surface area contributed by atoms with Crippen molar-refractivity contribution in [3.05, 3.63) is 69.5 Å². The van der Waals surface area contributed by atoms with Crippen molar-refractivity contribution in [3.63, 3.8) is 0 Å². The Morgan fingerprint density at radius 3 is 2.63 bits per heavy atom. The Morgan fingerprint density at radius 2 is 1.93 bits per heavy atom. The summed E-state index contributed by atoms with van der Waals surface area (Å²) in [6.07, 6.45) is -0.0797. The van der Waals surface area contributed by atoms with E-state index in [9.17, 15) is 9.59 Å². The number of methoxy groups -OCH3 is 1. The van der Waals surface area contributed by atoms with E-state index >= 15 is 0 Å². The summed E-state index contributed by atoms with van der Waals surface area (Å²) >= 11 is 0. The summed E-state index contributed by atoms with van der Waals surface area (Å²) < 4.78 is 10.5. The standard InChI is InChI=1S/C20H19N3O4/c1-11-15-7-6-14(27-13-5-3-4-12(8-13)19(21)22)9-17(15)23-20(25)16(11)10-18(24)26-2/h3-9H,10H2,1-2H3,(H3,21,22)(H,23,25). The Morgan fingerprint density at radius 1 is 1.19 bits per heavy atom. The van der Waals surface area contributed by atoms with E-state index in [2.05, 4.69) is 9.72 Å². The maximum atomic E-state index is 12.4. The van der Waals surface area contributed by atoms with Crippen LogP contribution in [0.15, 0.2) is 47.3 Å². The largest absolute Gasteiger partial charge is 0.469 e. The topological polar surface area (TPSA) is 118 Å². The molecular weight excluding hydrogens is 346 g/mol. The number of nitrogen functional groups attached to an aromatic ring is 1. The number of esters is 1. The van der Waals surface area contributed by atoms with Crippen LogP contribution in [0.1, 0.15) is 16.7 Å². The number of aromatic amines is 1. The molecule has 7 heteroatoms. The molecule has 0 saturated carbocycles. The van der Waals surface area contributed by atoms with Crippen LogP contribution in [0.25, 0.3) is 10.9 Å². The third-order valence-corrected chi connectivity index (χ3v) is 4.30. The lowest BCUT2D eigenvalue weighted by atomic mass is 10.0. The van der Waals surface area contributed by atoms with Gasteiger partial charge in [0.25, 0.3) is 5.56 Å². The second-order valence-corrected chi connectivity index (χ2v) is 6.06. The molecule has 0 unspecified atom stereocenters. The van der Waals surface area contributed by atoms with Crippen molar-refractivity contribution in [1.29, 1.82) is 5.41 Å². The van der Waals surface area contributed by atoms with Gasteiger partial charge in [0.05, 0.1) is 19.0 Å². The molecule has 0 saturated heterocycles. The van der Waals surface area contributed by atoms with Gasteiger partial charge in [-0.25, -0.2) is 0 Å². The van der Waals surface area contributed by atoms with Gasteiger partial charge in [-0.1, -0.05) is 12.1 Å². The maximum absolute atomic E-state index is 12.4. The van der Waals surface area contributed by atoms with E-state index < -0.39 is 5.97 Å². The fourth-order valence-electron chi connectivity index (χ4n) is 2.84. The number of H-pyrrole nitrogens is 1. The smallest absolute Gasteiger partial charge is 0.310 e. The van der Waals surface area contributed by atoms with Gasteiger partial charge in [0, 0.05) is 22.6 Å². The van der Waals surface area contributed by atoms with Crippen molar-refractivity contribution in [2.45, 2.75) is 13.3 Å². The number of ether oxygens (including phenoxy) is 2. The fraction of sp³-hybridized carbons (Fsp3) is 0.150. The lowest BCUT2D eigenvalue weighted by molar-refractivity contribution is -0.139. The zero-order valence-electron chi connectivity index (χ0n) is 15.0. The van der Waals surface area contributed by atoms with Gasteiger partial charge in [0.2, 0.25) is 0 Å². The van der Waals surface area contributed by atoms with Crippen LogP contribution in [0, 0.1) is 12.3 Å². The third kappa shape index (κ3) is 3.82. The van der Waals surface area contributed by atoms with Gasteiger partial charge in [0.15, 0.2) is 0 Å². The molecule has 7 nitrogen and oxygen atoms in total. The number of nitrogens with two attached hydrogens (primary N) is 1. The summed E-state index contributed by atoms with van der Waals surface area (Å²) in [6.45, 7) is 1.80. The molecule has 1 heterocycles. The van der Waals surface area contributed by atoms with Gasteiger partial charge in [-0.3, -0.25) is 15.0 Å². The van der Waals surface area contributed by atoms with Crippen LogP contribution < -0.4 is 16.0 Å². The average Bonchev–Trinajstić information content (AvgIpc) is 2.65. The molecule has 0 atom stereocenters. The SMILES string of the molecule is COC(=O)Cc1c(C)c2ccc(Oc3cccc(C(=N)N)c3)cc2[nH]c1=O. The first-order valence-corrected chi connectivity index (χ1v) is 8.23. The summed E-state index contributed by atoms with van der Waals surface area (Å²) in [7, 11) is 1.29. The number of carbonyl (C=O) groups is 1. The number of nitrogens with one attached hydrogen (secondary N) is 2. The normalized spacial score (nSPS) is 10.6. The molecule has 138 valence electrons. The van der Waals surface area contributed by atoms with Crippen LogP contribution >= 0.6 is 0 Å². The predicted molar refractivity (Wildman–Crippen MR) is 103 cm³/mol. The summed E-state index contributed by atoms with van der Waals surface area (Å²) in [5.74, 6) is 0.549. The highest BCUT2D eigenvalue weighted by Gasteiger charge is 2.14. The molecule has 0 radical (unpaired) electrons. The molecule has 1 aromatic heterocycles. The highest BCUT2D eigenvalue weighted by atomic mass is 16.5. The number of fused-ring (bicyclic) bond motifs is 1. The summed E-state index contributed by atoms with van der Waals surface area (Å²) in [4.78, 5) is 26.7. The molecule has 0 fully saturated rings. The molecular formula is C20H19N3O4. The molecule has 3 aromatic rings. The van der Waals surface area contributed by atoms with Gasteiger partial charge >= 0.3 is 5.97 Å². The molecule has 2 aromatic carbocycles. The first-order chi connectivity index (χ1) is 12.9. The Labute approximate surface area is 155 Å². The second-order valence-electron chi connectivity index (χ2n) is 6.06. The van der Waals surface area contributed by atoms with Crippen molar-refractivity contribution in [3.8, 4) is 11.5 Å².